The van der Waals surface area contributed by atoms with Crippen LogP contribution in [0.3, 0.4) is 0 Å². The van der Waals surface area contributed by atoms with E-state index < -0.39 is 52.2 Å². The van der Waals surface area contributed by atoms with Crippen molar-refractivity contribution in [1.29, 1.82) is 0 Å². The largest absolute Gasteiger partial charge is 0.496 e. The smallest absolute Gasteiger partial charge is 0.268 e. The number of carbonyl (C=O) groups is 4. The van der Waals surface area contributed by atoms with Crippen molar-refractivity contribution in [1.82, 2.24) is 25.7 Å². The number of rotatable bonds is 13. The summed E-state index contributed by atoms with van der Waals surface area (Å²) in [5, 5.41) is 8.80. The minimum atomic E-state index is -3.65. The number of H-pyrrole nitrogens is 1. The highest BCUT2D eigenvalue weighted by atomic mass is 32.2. The molecule has 13 heteroatoms. The number of ether oxygens (including phenoxy) is 1. The Bertz CT molecular complexity index is 1300. The number of amides is 3. The first kappa shape index (κ1) is 29.1. The van der Waals surface area contributed by atoms with E-state index in [2.05, 4.69) is 25.7 Å². The van der Waals surface area contributed by atoms with E-state index in [4.69, 9.17) is 4.74 Å². The van der Waals surface area contributed by atoms with E-state index in [0.29, 0.717) is 29.6 Å². The molecule has 1 aliphatic rings. The number of aromatic nitrogens is 1. The second kappa shape index (κ2) is 12.4. The molecule has 2 heterocycles. The molecule has 0 saturated carbocycles. The first-order chi connectivity index (χ1) is 17.9. The standard InChI is InChI=1S/C25H35N5O7S/c1-14(2)10-19(30-25(34)20-12-16-17(28-20)6-5-7-22(16)37-3)24(33)29-18(11-15-8-9-26-23(15)32)21(31)13-27-38(4,35)36/h5-7,12,14-15,18-19,27-28H,8-11,13H2,1-4H3,(H,26,32)(H,29,33)(H,30,34)/t15-,18-,19-/m0/s1. The van der Waals surface area contributed by atoms with E-state index in [9.17, 15) is 27.6 Å². The Kier molecular flexibility index (Phi) is 9.50. The number of carbonyl (C=O) groups excluding carboxylic acids is 4. The number of methoxy groups -OCH3 is 1. The van der Waals surface area contributed by atoms with Crippen LogP contribution in [0.15, 0.2) is 24.3 Å². The zero-order valence-electron chi connectivity index (χ0n) is 21.9. The third-order valence-electron chi connectivity index (χ3n) is 6.31. The fraction of sp³-hybridized carbons (Fsp3) is 0.520. The maximum Gasteiger partial charge on any atom is 0.268 e. The van der Waals surface area contributed by atoms with Crippen LogP contribution in [0.1, 0.15) is 43.6 Å². The van der Waals surface area contributed by atoms with E-state index in [1.165, 1.54) is 7.11 Å². The van der Waals surface area contributed by atoms with Gasteiger partial charge in [0.25, 0.3) is 5.91 Å². The summed E-state index contributed by atoms with van der Waals surface area (Å²) in [6.45, 7) is 3.71. The maximum atomic E-state index is 13.3. The highest BCUT2D eigenvalue weighted by Crippen LogP contribution is 2.26. The number of benzene rings is 1. The molecule has 0 unspecified atom stereocenters. The first-order valence-electron chi connectivity index (χ1n) is 12.4. The maximum absolute atomic E-state index is 13.3. The SMILES string of the molecule is COc1cccc2[nH]c(C(=O)N[C@@H](CC(C)C)C(=O)N[C@@H](C[C@@H]3CCNC3=O)C(=O)CNS(C)(=O)=O)cc12. The Balaban J connectivity index is 1.78. The number of fused-ring (bicyclic) bond motifs is 1. The molecule has 38 heavy (non-hydrogen) atoms. The lowest BCUT2D eigenvalue weighted by Crippen LogP contribution is -2.54. The van der Waals surface area contributed by atoms with Crippen molar-refractivity contribution in [2.24, 2.45) is 11.8 Å². The topological polar surface area (TPSA) is 176 Å². The molecular weight excluding hydrogens is 514 g/mol. The third-order valence-corrected chi connectivity index (χ3v) is 6.98. The van der Waals surface area contributed by atoms with Crippen molar-refractivity contribution in [2.45, 2.75) is 45.2 Å². The average molecular weight is 550 g/mol. The van der Waals surface area contributed by atoms with Gasteiger partial charge in [-0.2, -0.15) is 0 Å². The summed E-state index contributed by atoms with van der Waals surface area (Å²) in [4.78, 5) is 54.5. The van der Waals surface area contributed by atoms with E-state index in [1.807, 2.05) is 13.8 Å². The Morgan fingerprint density at radius 1 is 1.16 bits per heavy atom. The van der Waals surface area contributed by atoms with Crippen molar-refractivity contribution in [3.05, 3.63) is 30.0 Å². The van der Waals surface area contributed by atoms with Gasteiger partial charge in [-0.1, -0.05) is 19.9 Å². The molecule has 0 bridgehead atoms. The quantitative estimate of drug-likeness (QED) is 0.241. The summed E-state index contributed by atoms with van der Waals surface area (Å²) in [5.74, 6) is -1.81. The summed E-state index contributed by atoms with van der Waals surface area (Å²) in [6, 6.07) is 4.89. The second-order valence-electron chi connectivity index (χ2n) is 9.89. The minimum absolute atomic E-state index is 0.0198. The Labute approximate surface area is 221 Å². The number of hydrogen-bond acceptors (Lipinski definition) is 7. The van der Waals surface area contributed by atoms with E-state index in [-0.39, 0.29) is 30.4 Å². The fourth-order valence-corrected chi connectivity index (χ4v) is 4.79. The molecule has 3 rings (SSSR count). The zero-order valence-corrected chi connectivity index (χ0v) is 22.7. The highest BCUT2D eigenvalue weighted by Gasteiger charge is 2.33. The summed E-state index contributed by atoms with van der Waals surface area (Å²) in [7, 11) is -2.12. The Hall–Kier alpha value is -3.45. The van der Waals surface area contributed by atoms with E-state index in [1.54, 1.807) is 24.3 Å². The molecule has 2 aromatic rings. The van der Waals surface area contributed by atoms with E-state index >= 15 is 0 Å². The number of Topliss-reactive ketones (excluding diaryl/α,β-unsaturated/α-hetero) is 1. The molecule has 5 N–H and O–H groups in total. The van der Waals surface area contributed by atoms with Crippen molar-refractivity contribution < 1.29 is 32.3 Å². The van der Waals surface area contributed by atoms with Crippen LogP contribution in [-0.2, 0) is 24.4 Å². The number of aromatic amines is 1. The lowest BCUT2D eigenvalue weighted by molar-refractivity contribution is -0.130. The van der Waals surface area contributed by atoms with Gasteiger partial charge >= 0.3 is 0 Å². The molecule has 1 aromatic carbocycles. The van der Waals surface area contributed by atoms with Crippen molar-refractivity contribution in [3.8, 4) is 5.75 Å². The van der Waals surface area contributed by atoms with Crippen LogP contribution in [0.5, 0.6) is 5.75 Å². The molecule has 1 aromatic heterocycles. The molecule has 208 valence electrons. The molecule has 3 amide bonds. The average Bonchev–Trinajstić information content (AvgIpc) is 3.46. The van der Waals surface area contributed by atoms with Crippen molar-refractivity contribution in [2.75, 3.05) is 26.5 Å². The predicted molar refractivity (Wildman–Crippen MR) is 141 cm³/mol. The van der Waals surface area contributed by atoms with Crippen molar-refractivity contribution >= 4 is 44.4 Å². The second-order valence-corrected chi connectivity index (χ2v) is 11.7. The normalized spacial score (nSPS) is 17.2. The lowest BCUT2D eigenvalue weighted by atomic mass is 9.95. The number of ketones is 1. The minimum Gasteiger partial charge on any atom is -0.496 e. The number of nitrogens with one attached hydrogen (secondary N) is 5. The van der Waals surface area contributed by atoms with Crippen LogP contribution in [0, 0.1) is 11.8 Å². The van der Waals surface area contributed by atoms with Crippen LogP contribution in [-0.4, -0.2) is 75.4 Å². The number of sulfonamides is 1. The van der Waals surface area contributed by atoms with Crippen LogP contribution >= 0.6 is 0 Å². The van der Waals surface area contributed by atoms with Gasteiger partial charge in [0.05, 0.1) is 26.0 Å². The molecule has 12 nitrogen and oxygen atoms in total. The van der Waals surface area contributed by atoms with Gasteiger partial charge in [-0.25, -0.2) is 13.1 Å². The molecule has 1 aliphatic heterocycles. The monoisotopic (exact) mass is 549 g/mol. The van der Waals surface area contributed by atoms with Gasteiger partial charge in [-0.15, -0.1) is 0 Å². The van der Waals surface area contributed by atoms with Crippen molar-refractivity contribution in [3.63, 3.8) is 0 Å². The number of hydrogen-bond donors (Lipinski definition) is 5. The summed E-state index contributed by atoms with van der Waals surface area (Å²) in [5.41, 5.74) is 0.928. The Morgan fingerprint density at radius 2 is 1.89 bits per heavy atom. The summed E-state index contributed by atoms with van der Waals surface area (Å²) < 4.78 is 30.5. The molecule has 0 spiro atoms. The molecule has 3 atom stereocenters. The first-order valence-corrected chi connectivity index (χ1v) is 14.3. The van der Waals surface area contributed by atoms with Gasteiger partial charge in [-0.05, 0) is 43.4 Å². The molecular formula is C25H35N5O7S. The van der Waals surface area contributed by atoms with Gasteiger partial charge in [0, 0.05) is 23.4 Å². The van der Waals surface area contributed by atoms with Crippen LogP contribution in [0.4, 0.5) is 0 Å². The lowest BCUT2D eigenvalue weighted by Gasteiger charge is -2.25. The van der Waals surface area contributed by atoms with Crippen LogP contribution in [0.25, 0.3) is 10.9 Å². The van der Waals surface area contributed by atoms with Crippen LogP contribution < -0.4 is 25.4 Å². The van der Waals surface area contributed by atoms with Gasteiger partial charge in [-0.3, -0.25) is 19.2 Å². The fourth-order valence-electron chi connectivity index (χ4n) is 4.39. The zero-order chi connectivity index (χ0) is 28.0. The third kappa shape index (κ3) is 7.78. The summed E-state index contributed by atoms with van der Waals surface area (Å²) >= 11 is 0. The van der Waals surface area contributed by atoms with Gasteiger partial charge in [0.15, 0.2) is 5.78 Å². The van der Waals surface area contributed by atoms with E-state index in [0.717, 1.165) is 6.26 Å². The van der Waals surface area contributed by atoms with Gasteiger partial charge in [0.2, 0.25) is 21.8 Å². The molecule has 0 aliphatic carbocycles. The highest BCUT2D eigenvalue weighted by molar-refractivity contribution is 7.88. The molecule has 1 saturated heterocycles. The summed E-state index contributed by atoms with van der Waals surface area (Å²) in [6.07, 6.45) is 1.72. The van der Waals surface area contributed by atoms with Gasteiger partial charge < -0.3 is 25.7 Å². The van der Waals surface area contributed by atoms with Gasteiger partial charge in [0.1, 0.15) is 17.5 Å². The Morgan fingerprint density at radius 3 is 2.50 bits per heavy atom. The molecule has 0 radical (unpaired) electrons. The molecule has 1 fully saturated rings. The van der Waals surface area contributed by atoms with Crippen LogP contribution in [0.2, 0.25) is 0 Å². The predicted octanol–water partition coefficient (Wildman–Crippen LogP) is 0.450.